The molecule has 98 valence electrons. The van der Waals surface area contributed by atoms with Gasteiger partial charge in [0.1, 0.15) is 0 Å². The third-order valence-electron chi connectivity index (χ3n) is 1.03. The average molecular weight is 235 g/mol. The van der Waals surface area contributed by atoms with Crippen LogP contribution in [0.3, 0.4) is 0 Å². The Morgan fingerprint density at radius 3 is 1.88 bits per heavy atom. The molecule has 0 radical (unpaired) electrons. The molecule has 5 nitrogen and oxygen atoms in total. The molecule has 0 aromatic heterocycles. The SMILES string of the molecule is CCOCCOCCC(=O)[O-].C[N+](C)(C)C. The highest BCUT2D eigenvalue weighted by molar-refractivity contribution is 5.64. The minimum Gasteiger partial charge on any atom is -0.550 e. The van der Waals surface area contributed by atoms with Gasteiger partial charge in [-0.05, 0) is 6.92 Å². The van der Waals surface area contributed by atoms with Crippen molar-refractivity contribution in [1.29, 1.82) is 0 Å². The van der Waals surface area contributed by atoms with Gasteiger partial charge in [0.05, 0.1) is 48.0 Å². The molecule has 0 N–H and O–H groups in total. The number of quaternary nitrogens is 1. The zero-order valence-electron chi connectivity index (χ0n) is 11.1. The van der Waals surface area contributed by atoms with E-state index in [-0.39, 0.29) is 13.0 Å². The number of carboxylic acid groups (broad SMARTS) is 1. The van der Waals surface area contributed by atoms with E-state index in [1.807, 2.05) is 6.92 Å². The number of rotatable bonds is 7. The molecule has 0 aromatic carbocycles. The molecule has 16 heavy (non-hydrogen) atoms. The molecule has 0 bridgehead atoms. The number of nitrogens with zero attached hydrogens (tertiary/aromatic N) is 1. The van der Waals surface area contributed by atoms with Gasteiger partial charge in [-0.3, -0.25) is 0 Å². The van der Waals surface area contributed by atoms with Gasteiger partial charge in [0, 0.05) is 19.0 Å². The van der Waals surface area contributed by atoms with Crippen LogP contribution in [0.4, 0.5) is 0 Å². The van der Waals surface area contributed by atoms with E-state index in [4.69, 9.17) is 9.47 Å². The molecule has 0 atom stereocenters. The molecule has 5 heteroatoms. The lowest BCUT2D eigenvalue weighted by molar-refractivity contribution is -0.849. The molecular weight excluding hydrogens is 210 g/mol. The largest absolute Gasteiger partial charge is 0.550 e. The normalized spacial score (nSPS) is 10.6. The van der Waals surface area contributed by atoms with E-state index in [1.54, 1.807) is 0 Å². The van der Waals surface area contributed by atoms with Crippen molar-refractivity contribution in [1.82, 2.24) is 0 Å². The summed E-state index contributed by atoms with van der Waals surface area (Å²) in [5.41, 5.74) is 0. The minimum absolute atomic E-state index is 0.0495. The third-order valence-corrected chi connectivity index (χ3v) is 1.03. The number of hydrogen-bond donors (Lipinski definition) is 0. The third kappa shape index (κ3) is 37.7. The Kier molecular flexibility index (Phi) is 12.0. The second-order valence-electron chi connectivity index (χ2n) is 4.61. The molecule has 0 heterocycles. The van der Waals surface area contributed by atoms with Gasteiger partial charge in [0.25, 0.3) is 0 Å². The van der Waals surface area contributed by atoms with Crippen LogP contribution >= 0.6 is 0 Å². The fourth-order valence-corrected chi connectivity index (χ4v) is 0.520. The molecule has 0 saturated heterocycles. The number of aliphatic carboxylic acids is 1. The predicted octanol–water partition coefficient (Wildman–Crippen LogP) is -0.498. The molecule has 0 aliphatic carbocycles. The van der Waals surface area contributed by atoms with E-state index in [1.165, 1.54) is 0 Å². The summed E-state index contributed by atoms with van der Waals surface area (Å²) < 4.78 is 10.9. The highest BCUT2D eigenvalue weighted by atomic mass is 16.5. The summed E-state index contributed by atoms with van der Waals surface area (Å²) in [7, 11) is 8.50. The van der Waals surface area contributed by atoms with E-state index in [0.717, 1.165) is 4.48 Å². The first-order chi connectivity index (χ1) is 7.27. The molecule has 0 rings (SSSR count). The smallest absolute Gasteiger partial charge is 0.0700 e. The van der Waals surface area contributed by atoms with Crippen LogP contribution in [0.25, 0.3) is 0 Å². The average Bonchev–Trinajstić information content (AvgIpc) is 2.08. The van der Waals surface area contributed by atoms with E-state index in [9.17, 15) is 9.90 Å². The van der Waals surface area contributed by atoms with Crippen LogP contribution in [-0.4, -0.2) is 65.1 Å². The van der Waals surface area contributed by atoms with E-state index >= 15 is 0 Å². The second kappa shape index (κ2) is 10.9. The highest BCUT2D eigenvalue weighted by Crippen LogP contribution is 1.81. The Hall–Kier alpha value is -0.650. The van der Waals surface area contributed by atoms with Crippen LogP contribution in [0, 0.1) is 0 Å². The molecule has 0 fully saturated rings. The topological polar surface area (TPSA) is 58.6 Å². The maximum Gasteiger partial charge on any atom is 0.0700 e. The first-order valence-electron chi connectivity index (χ1n) is 5.41. The van der Waals surface area contributed by atoms with Crippen LogP contribution in [-0.2, 0) is 14.3 Å². The monoisotopic (exact) mass is 235 g/mol. The number of hydrogen-bond acceptors (Lipinski definition) is 4. The molecule has 0 aromatic rings. The van der Waals surface area contributed by atoms with Gasteiger partial charge in [0.2, 0.25) is 0 Å². The van der Waals surface area contributed by atoms with Crippen LogP contribution in [0.15, 0.2) is 0 Å². The predicted molar refractivity (Wildman–Crippen MR) is 60.9 cm³/mol. The summed E-state index contributed by atoms with van der Waals surface area (Å²) in [5.74, 6) is -1.08. The van der Waals surface area contributed by atoms with Crippen molar-refractivity contribution >= 4 is 5.97 Å². The van der Waals surface area contributed by atoms with Gasteiger partial charge in [-0.15, -0.1) is 0 Å². The molecule has 0 amide bonds. The van der Waals surface area contributed by atoms with Crippen molar-refractivity contribution < 1.29 is 23.9 Å². The van der Waals surface area contributed by atoms with Crippen LogP contribution in [0.5, 0.6) is 0 Å². The lowest BCUT2D eigenvalue weighted by Crippen LogP contribution is -2.27. The summed E-state index contributed by atoms with van der Waals surface area (Å²) >= 11 is 0. The van der Waals surface area contributed by atoms with E-state index < -0.39 is 5.97 Å². The molecule has 0 aliphatic rings. The van der Waals surface area contributed by atoms with Gasteiger partial charge >= 0.3 is 0 Å². The number of carbonyl (C=O) groups excluding carboxylic acids is 1. The zero-order chi connectivity index (χ0) is 13.0. The second-order valence-corrected chi connectivity index (χ2v) is 4.61. The lowest BCUT2D eigenvalue weighted by Gasteiger charge is -2.14. The molecule has 0 unspecified atom stereocenters. The number of carbonyl (C=O) groups is 1. The van der Waals surface area contributed by atoms with Crippen molar-refractivity contribution in [2.75, 3.05) is 54.6 Å². The van der Waals surface area contributed by atoms with Crippen molar-refractivity contribution in [2.45, 2.75) is 13.3 Å². The maximum atomic E-state index is 9.87. The Labute approximate surface area is 98.5 Å². The number of carboxylic acids is 1. The molecule has 0 spiro atoms. The Balaban J connectivity index is 0. The van der Waals surface area contributed by atoms with Crippen molar-refractivity contribution in [3.8, 4) is 0 Å². The lowest BCUT2D eigenvalue weighted by atomic mass is 10.5. The van der Waals surface area contributed by atoms with Gasteiger partial charge in [0.15, 0.2) is 0 Å². The number of ether oxygens (including phenoxy) is 2. The quantitative estimate of drug-likeness (QED) is 0.441. The van der Waals surface area contributed by atoms with E-state index in [0.29, 0.717) is 19.8 Å². The summed E-state index contributed by atoms with van der Waals surface area (Å²) in [6, 6.07) is 0. The van der Waals surface area contributed by atoms with Gasteiger partial charge in [-0.1, -0.05) is 0 Å². The van der Waals surface area contributed by atoms with Crippen molar-refractivity contribution in [2.24, 2.45) is 0 Å². The fraction of sp³-hybridized carbons (Fsp3) is 0.909. The summed E-state index contributed by atoms with van der Waals surface area (Å²) in [6.45, 7) is 3.71. The molecule has 0 aliphatic heterocycles. The maximum absolute atomic E-state index is 9.87. The van der Waals surface area contributed by atoms with Crippen molar-refractivity contribution in [3.63, 3.8) is 0 Å². The minimum atomic E-state index is -1.08. The first-order valence-corrected chi connectivity index (χ1v) is 5.41. The molecule has 0 saturated carbocycles. The van der Waals surface area contributed by atoms with Gasteiger partial charge < -0.3 is 23.9 Å². The zero-order valence-corrected chi connectivity index (χ0v) is 11.1. The van der Waals surface area contributed by atoms with Gasteiger partial charge in [-0.25, -0.2) is 0 Å². The summed E-state index contributed by atoms with van der Waals surface area (Å²) in [5, 5.41) is 9.87. The summed E-state index contributed by atoms with van der Waals surface area (Å²) in [6.07, 6.45) is -0.0495. The highest BCUT2D eigenvalue weighted by Gasteiger charge is 1.89. The fourth-order valence-electron chi connectivity index (χ4n) is 0.520. The van der Waals surface area contributed by atoms with Gasteiger partial charge in [-0.2, -0.15) is 0 Å². The van der Waals surface area contributed by atoms with Crippen molar-refractivity contribution in [3.05, 3.63) is 0 Å². The van der Waals surface area contributed by atoms with E-state index in [2.05, 4.69) is 28.2 Å². The molecular formula is C11H25NO4. The van der Waals surface area contributed by atoms with Crippen LogP contribution in [0.2, 0.25) is 0 Å². The Bertz CT molecular complexity index is 160. The Morgan fingerprint density at radius 1 is 1.06 bits per heavy atom. The van der Waals surface area contributed by atoms with Crippen LogP contribution < -0.4 is 5.11 Å². The summed E-state index contributed by atoms with van der Waals surface area (Å²) in [4.78, 5) is 9.87. The Morgan fingerprint density at radius 2 is 1.50 bits per heavy atom. The van der Waals surface area contributed by atoms with Crippen LogP contribution in [0.1, 0.15) is 13.3 Å². The first kappa shape index (κ1) is 17.7. The standard InChI is InChI=1S/C7H14O4.C4H12N/c1-2-10-5-6-11-4-3-7(8)9;1-5(2,3)4/h2-6H2,1H3,(H,8,9);1-4H3/q;+1/p-1.